The van der Waals surface area contributed by atoms with Gasteiger partial charge in [-0.15, -0.1) is 0 Å². The lowest BCUT2D eigenvalue weighted by molar-refractivity contribution is -0.238. The maximum atomic E-state index is 11.8. The Kier molecular flexibility index (Phi) is 3.02. The molecule has 104 valence electrons. The fourth-order valence-corrected chi connectivity index (χ4v) is 2.51. The maximum absolute atomic E-state index is 11.8. The van der Waals surface area contributed by atoms with E-state index in [4.69, 9.17) is 9.47 Å². The second-order valence-electron chi connectivity index (χ2n) is 4.85. The molecule has 0 saturated carbocycles. The number of hydrogen-bond donors (Lipinski definition) is 2. The third kappa shape index (κ3) is 2.12. The number of nitrogens with one attached hydrogen (secondary N) is 1. The number of H-pyrrole nitrogens is 1. The Hall–Kier alpha value is -1.48. The van der Waals surface area contributed by atoms with Gasteiger partial charge in [-0.1, -0.05) is 0 Å². The van der Waals surface area contributed by atoms with Crippen molar-refractivity contribution in [3.63, 3.8) is 0 Å². The summed E-state index contributed by atoms with van der Waals surface area (Å²) >= 11 is 0. The Morgan fingerprint density at radius 1 is 1.47 bits per heavy atom. The summed E-state index contributed by atoms with van der Waals surface area (Å²) in [6.45, 7) is 2.14. The number of nitrogens with zero attached hydrogens (tertiary/aromatic N) is 2. The van der Waals surface area contributed by atoms with E-state index in [0.29, 0.717) is 18.6 Å². The molecule has 8 nitrogen and oxygen atoms in total. The fourth-order valence-electron chi connectivity index (χ4n) is 2.51. The van der Waals surface area contributed by atoms with Gasteiger partial charge >= 0.3 is 5.69 Å². The van der Waals surface area contributed by atoms with Crippen LogP contribution in [0, 0.1) is 6.92 Å². The van der Waals surface area contributed by atoms with Gasteiger partial charge in [-0.2, -0.15) is 5.06 Å². The minimum atomic E-state index is -0.510. The molecule has 2 N–H and O–H groups in total. The van der Waals surface area contributed by atoms with Crippen molar-refractivity contribution < 1.29 is 14.7 Å². The van der Waals surface area contributed by atoms with Crippen LogP contribution in [0.5, 0.6) is 0 Å². The molecule has 8 heteroatoms. The van der Waals surface area contributed by atoms with Gasteiger partial charge in [0.15, 0.2) is 0 Å². The van der Waals surface area contributed by atoms with E-state index in [1.54, 1.807) is 6.92 Å². The van der Waals surface area contributed by atoms with E-state index in [1.807, 2.05) is 0 Å². The molecular weight excluding hydrogens is 254 g/mol. The summed E-state index contributed by atoms with van der Waals surface area (Å²) in [5.41, 5.74) is -0.469. The first-order valence-electron chi connectivity index (χ1n) is 6.07. The van der Waals surface area contributed by atoms with Crippen LogP contribution >= 0.6 is 0 Å². The van der Waals surface area contributed by atoms with Crippen LogP contribution in [0.15, 0.2) is 15.8 Å². The molecule has 2 fully saturated rings. The number of ether oxygens (including phenoxy) is 2. The van der Waals surface area contributed by atoms with E-state index < -0.39 is 17.5 Å². The van der Waals surface area contributed by atoms with Gasteiger partial charge in [-0.3, -0.25) is 14.3 Å². The van der Waals surface area contributed by atoms with Gasteiger partial charge in [0.1, 0.15) is 19.1 Å². The van der Waals surface area contributed by atoms with Gasteiger partial charge in [-0.05, 0) is 6.92 Å². The van der Waals surface area contributed by atoms with E-state index >= 15 is 0 Å². The highest BCUT2D eigenvalue weighted by Crippen LogP contribution is 2.32. The zero-order valence-corrected chi connectivity index (χ0v) is 10.4. The van der Waals surface area contributed by atoms with Crippen molar-refractivity contribution in [3.05, 3.63) is 32.6 Å². The van der Waals surface area contributed by atoms with Crippen LogP contribution in [0.1, 0.15) is 18.2 Å². The third-order valence-corrected chi connectivity index (χ3v) is 3.55. The van der Waals surface area contributed by atoms with E-state index in [-0.39, 0.29) is 18.9 Å². The van der Waals surface area contributed by atoms with Crippen molar-refractivity contribution in [2.75, 3.05) is 13.3 Å². The number of fused-ring (bicyclic) bond motifs is 1. The van der Waals surface area contributed by atoms with Gasteiger partial charge in [-0.25, -0.2) is 4.79 Å². The van der Waals surface area contributed by atoms with Crippen molar-refractivity contribution in [1.82, 2.24) is 14.6 Å². The summed E-state index contributed by atoms with van der Waals surface area (Å²) in [4.78, 5) is 25.4. The Morgan fingerprint density at radius 3 is 3.00 bits per heavy atom. The molecule has 3 heterocycles. The predicted octanol–water partition coefficient (Wildman–Crippen LogP) is -0.820. The standard InChI is InChI=1S/C11H15N3O5/c1-6-3-13(11(16)12-10(6)15)9-2-7-8(19-9)4-18-5-14(7)17/h3,7-9,17H,2,4-5H2,1H3,(H,12,15,16)/t7-,8-,9-/m1/s1. The largest absolute Gasteiger partial charge is 0.361 e. The summed E-state index contributed by atoms with van der Waals surface area (Å²) in [6, 6.07) is -0.196. The number of aromatic nitrogens is 2. The van der Waals surface area contributed by atoms with E-state index in [1.165, 1.54) is 10.8 Å². The number of hydroxylamine groups is 2. The highest BCUT2D eigenvalue weighted by molar-refractivity contribution is 5.02. The van der Waals surface area contributed by atoms with Crippen molar-refractivity contribution >= 4 is 0 Å². The van der Waals surface area contributed by atoms with E-state index in [0.717, 1.165) is 5.06 Å². The van der Waals surface area contributed by atoms with Crippen LogP contribution in [-0.2, 0) is 9.47 Å². The highest BCUT2D eigenvalue weighted by atomic mass is 16.6. The number of hydrogen-bond acceptors (Lipinski definition) is 6. The molecule has 2 saturated heterocycles. The molecule has 0 amide bonds. The number of rotatable bonds is 1. The van der Waals surface area contributed by atoms with Gasteiger partial charge in [0.25, 0.3) is 5.56 Å². The van der Waals surface area contributed by atoms with Gasteiger partial charge < -0.3 is 14.7 Å². The topological polar surface area (TPSA) is 96.8 Å². The molecule has 0 unspecified atom stereocenters. The molecule has 3 atom stereocenters. The van der Waals surface area contributed by atoms with E-state index in [2.05, 4.69) is 4.98 Å². The second-order valence-corrected chi connectivity index (χ2v) is 4.85. The third-order valence-electron chi connectivity index (χ3n) is 3.55. The Bertz CT molecular complexity index is 595. The average molecular weight is 269 g/mol. The van der Waals surface area contributed by atoms with Crippen LogP contribution in [0.2, 0.25) is 0 Å². The average Bonchev–Trinajstić information content (AvgIpc) is 2.79. The minimum absolute atomic E-state index is 0.136. The van der Waals surface area contributed by atoms with Crippen LogP contribution in [0.3, 0.4) is 0 Å². The summed E-state index contributed by atoms with van der Waals surface area (Å²) in [7, 11) is 0. The molecule has 0 aromatic carbocycles. The molecule has 0 bridgehead atoms. The first kappa shape index (κ1) is 12.5. The maximum Gasteiger partial charge on any atom is 0.330 e. The van der Waals surface area contributed by atoms with Crippen molar-refractivity contribution in [3.8, 4) is 0 Å². The van der Waals surface area contributed by atoms with Crippen LogP contribution in [-0.4, -0.2) is 45.3 Å². The number of aromatic amines is 1. The summed E-state index contributed by atoms with van der Waals surface area (Å²) < 4.78 is 12.2. The monoisotopic (exact) mass is 269 g/mol. The molecule has 1 aromatic heterocycles. The Labute approximate surface area is 108 Å². The Morgan fingerprint density at radius 2 is 2.26 bits per heavy atom. The molecule has 0 radical (unpaired) electrons. The SMILES string of the molecule is Cc1cn([C@H]2C[C@@H]3[C@@H](COCN3O)O2)c(=O)[nH]c1=O. The summed E-state index contributed by atoms with van der Waals surface area (Å²) in [6.07, 6.45) is 1.17. The number of aryl methyl sites for hydroxylation is 1. The van der Waals surface area contributed by atoms with Crippen molar-refractivity contribution in [2.45, 2.75) is 31.7 Å². The zero-order valence-electron chi connectivity index (χ0n) is 10.4. The van der Waals surface area contributed by atoms with E-state index in [9.17, 15) is 14.8 Å². The predicted molar refractivity (Wildman–Crippen MR) is 62.8 cm³/mol. The molecule has 19 heavy (non-hydrogen) atoms. The molecule has 3 rings (SSSR count). The van der Waals surface area contributed by atoms with Crippen LogP contribution in [0.4, 0.5) is 0 Å². The molecule has 1 aromatic rings. The lowest BCUT2D eigenvalue weighted by atomic mass is 10.1. The molecule has 0 aliphatic carbocycles. The first-order valence-corrected chi connectivity index (χ1v) is 6.07. The highest BCUT2D eigenvalue weighted by Gasteiger charge is 2.42. The van der Waals surface area contributed by atoms with Crippen LogP contribution < -0.4 is 11.2 Å². The molecule has 2 aliphatic heterocycles. The molecular formula is C11H15N3O5. The molecule has 2 aliphatic rings. The van der Waals surface area contributed by atoms with Gasteiger partial charge in [0.05, 0.1) is 12.6 Å². The lowest BCUT2D eigenvalue weighted by Gasteiger charge is -2.30. The Balaban J connectivity index is 1.90. The summed E-state index contributed by atoms with van der Waals surface area (Å²) in [5.74, 6) is 0. The quantitative estimate of drug-likeness (QED) is 0.691. The normalized spacial score (nSPS) is 31.4. The smallest absolute Gasteiger partial charge is 0.330 e. The summed E-state index contributed by atoms with van der Waals surface area (Å²) in [5, 5.41) is 10.8. The van der Waals surface area contributed by atoms with Gasteiger partial charge in [0.2, 0.25) is 0 Å². The minimum Gasteiger partial charge on any atom is -0.361 e. The second kappa shape index (κ2) is 4.57. The van der Waals surface area contributed by atoms with Crippen molar-refractivity contribution in [2.24, 2.45) is 0 Å². The van der Waals surface area contributed by atoms with Crippen LogP contribution in [0.25, 0.3) is 0 Å². The zero-order chi connectivity index (χ0) is 13.6. The molecule has 0 spiro atoms. The fraction of sp³-hybridized carbons (Fsp3) is 0.636. The van der Waals surface area contributed by atoms with Crippen molar-refractivity contribution in [1.29, 1.82) is 0 Å². The van der Waals surface area contributed by atoms with Gasteiger partial charge in [0, 0.05) is 18.2 Å². The lowest BCUT2D eigenvalue weighted by Crippen LogP contribution is -2.47. The first-order chi connectivity index (χ1) is 9.06.